The van der Waals surface area contributed by atoms with Crippen molar-refractivity contribution in [1.82, 2.24) is 4.90 Å². The van der Waals surface area contributed by atoms with Crippen LogP contribution in [0.3, 0.4) is 0 Å². The fourth-order valence-electron chi connectivity index (χ4n) is 5.37. The summed E-state index contributed by atoms with van der Waals surface area (Å²) in [7, 11) is 0. The average Bonchev–Trinajstić information content (AvgIpc) is 2.85. The molecule has 2 aliphatic rings. The zero-order chi connectivity index (χ0) is 24.0. The van der Waals surface area contributed by atoms with Crippen molar-refractivity contribution in [3.8, 4) is 5.75 Å². The summed E-state index contributed by atoms with van der Waals surface area (Å²) in [4.78, 5) is 26.6. The van der Waals surface area contributed by atoms with Crippen LogP contribution in [0, 0.1) is 16.0 Å². The number of anilines is 1. The monoisotopic (exact) mass is 465 g/mol. The molecule has 7 heteroatoms. The van der Waals surface area contributed by atoms with Crippen LogP contribution in [-0.4, -0.2) is 42.0 Å². The predicted octanol–water partition coefficient (Wildman–Crippen LogP) is 5.55. The molecule has 0 bridgehead atoms. The quantitative estimate of drug-likeness (QED) is 0.408. The molecular formula is C27H35N3O4. The molecule has 1 aliphatic carbocycles. The van der Waals surface area contributed by atoms with Gasteiger partial charge in [0, 0.05) is 30.9 Å². The Balaban J connectivity index is 1.37. The van der Waals surface area contributed by atoms with Gasteiger partial charge in [0.1, 0.15) is 12.4 Å². The van der Waals surface area contributed by atoms with E-state index in [0.717, 1.165) is 74.7 Å². The number of benzene rings is 2. The first kappa shape index (κ1) is 24.2. The Morgan fingerprint density at radius 1 is 1.09 bits per heavy atom. The molecule has 4 rings (SSSR count). The minimum absolute atomic E-state index is 0.0421. The molecule has 1 unspecified atom stereocenters. The molecule has 1 saturated heterocycles. The molecule has 0 aromatic heterocycles. The van der Waals surface area contributed by atoms with Gasteiger partial charge in [-0.15, -0.1) is 0 Å². The second-order valence-corrected chi connectivity index (χ2v) is 9.82. The lowest BCUT2D eigenvalue weighted by molar-refractivity contribution is -0.384. The van der Waals surface area contributed by atoms with E-state index in [1.165, 1.54) is 25.0 Å². The second kappa shape index (κ2) is 11.0. The van der Waals surface area contributed by atoms with Crippen LogP contribution in [0.1, 0.15) is 57.4 Å². The van der Waals surface area contributed by atoms with E-state index in [2.05, 4.69) is 17.1 Å². The Morgan fingerprint density at radius 3 is 2.44 bits per heavy atom. The maximum absolute atomic E-state index is 13.5. The highest BCUT2D eigenvalue weighted by Crippen LogP contribution is 2.41. The van der Waals surface area contributed by atoms with E-state index in [1.54, 1.807) is 12.1 Å². The van der Waals surface area contributed by atoms with Gasteiger partial charge in [-0.1, -0.05) is 38.3 Å². The third-order valence-corrected chi connectivity index (χ3v) is 7.30. The topological polar surface area (TPSA) is 84.7 Å². The van der Waals surface area contributed by atoms with E-state index in [-0.39, 0.29) is 11.6 Å². The Bertz CT molecular complexity index is 968. The molecule has 0 spiro atoms. The molecule has 2 fully saturated rings. The summed E-state index contributed by atoms with van der Waals surface area (Å²) in [6.07, 6.45) is 7.09. The van der Waals surface area contributed by atoms with Gasteiger partial charge in [0.2, 0.25) is 5.91 Å². The SMILES string of the molecule is CC1CCCN(CCOc2ccc(NC(=O)C3(c4ccc([N+](=O)[O-])cc4)CCCCC3)cc2)C1. The number of nitrogens with one attached hydrogen (secondary N) is 1. The predicted molar refractivity (Wildman–Crippen MR) is 133 cm³/mol. The first-order valence-electron chi connectivity index (χ1n) is 12.5. The van der Waals surface area contributed by atoms with Crippen LogP contribution in [0.4, 0.5) is 11.4 Å². The van der Waals surface area contributed by atoms with Gasteiger partial charge >= 0.3 is 0 Å². The van der Waals surface area contributed by atoms with Crippen LogP contribution < -0.4 is 10.1 Å². The Kier molecular flexibility index (Phi) is 7.83. The Morgan fingerprint density at radius 2 is 1.79 bits per heavy atom. The Hall–Kier alpha value is -2.93. The molecule has 1 heterocycles. The highest BCUT2D eigenvalue weighted by molar-refractivity contribution is 5.99. The van der Waals surface area contributed by atoms with Gasteiger partial charge in [0.15, 0.2) is 0 Å². The highest BCUT2D eigenvalue weighted by atomic mass is 16.6. The van der Waals surface area contributed by atoms with Crippen molar-refractivity contribution in [2.75, 3.05) is 31.6 Å². The van der Waals surface area contributed by atoms with E-state index >= 15 is 0 Å². The van der Waals surface area contributed by atoms with Crippen LogP contribution in [0.2, 0.25) is 0 Å². The van der Waals surface area contributed by atoms with Gasteiger partial charge in [-0.3, -0.25) is 19.8 Å². The number of nitrogens with zero attached hydrogens (tertiary/aromatic N) is 2. The Labute approximate surface area is 201 Å². The van der Waals surface area contributed by atoms with Crippen LogP contribution in [0.25, 0.3) is 0 Å². The lowest BCUT2D eigenvalue weighted by Gasteiger charge is -2.36. The molecule has 1 amide bonds. The zero-order valence-electron chi connectivity index (χ0n) is 20.0. The number of non-ortho nitro benzene ring substituents is 1. The third kappa shape index (κ3) is 5.76. The summed E-state index contributed by atoms with van der Waals surface area (Å²) < 4.78 is 5.93. The first-order chi connectivity index (χ1) is 16.5. The van der Waals surface area contributed by atoms with Gasteiger partial charge in [-0.2, -0.15) is 0 Å². The number of rotatable bonds is 8. The summed E-state index contributed by atoms with van der Waals surface area (Å²) in [5, 5.41) is 14.1. The van der Waals surface area contributed by atoms with E-state index in [4.69, 9.17) is 4.74 Å². The van der Waals surface area contributed by atoms with Crippen molar-refractivity contribution in [3.63, 3.8) is 0 Å². The third-order valence-electron chi connectivity index (χ3n) is 7.30. The van der Waals surface area contributed by atoms with Crippen molar-refractivity contribution in [3.05, 3.63) is 64.2 Å². The number of likely N-dealkylation sites (tertiary alicyclic amines) is 1. The standard InChI is InChI=1S/C27H35N3O4/c1-21-6-5-17-29(20-21)18-19-34-25-13-9-23(10-14-25)28-26(31)27(15-3-2-4-16-27)22-7-11-24(12-8-22)30(32)33/h7-14,21H,2-6,15-20H2,1H3,(H,28,31). The van der Waals surface area contributed by atoms with Gasteiger partial charge < -0.3 is 10.1 Å². The summed E-state index contributed by atoms with van der Waals surface area (Å²) in [6, 6.07) is 14.0. The van der Waals surface area contributed by atoms with Gasteiger partial charge in [-0.05, 0) is 68.0 Å². The summed E-state index contributed by atoms with van der Waals surface area (Å²) in [6.45, 7) is 6.18. The number of amides is 1. The molecule has 1 atom stereocenters. The molecule has 7 nitrogen and oxygen atoms in total. The molecule has 34 heavy (non-hydrogen) atoms. The molecule has 182 valence electrons. The number of piperidine rings is 1. The molecule has 2 aromatic carbocycles. The van der Waals surface area contributed by atoms with Crippen molar-refractivity contribution in [2.24, 2.45) is 5.92 Å². The molecule has 1 saturated carbocycles. The summed E-state index contributed by atoms with van der Waals surface area (Å²) in [5.41, 5.74) is 0.963. The maximum atomic E-state index is 13.5. The van der Waals surface area contributed by atoms with Crippen LogP contribution in [0.15, 0.2) is 48.5 Å². The molecule has 1 aliphatic heterocycles. The highest BCUT2D eigenvalue weighted by Gasteiger charge is 2.41. The van der Waals surface area contributed by atoms with Crippen LogP contribution in [0.5, 0.6) is 5.75 Å². The number of hydrogen-bond donors (Lipinski definition) is 1. The number of ether oxygens (including phenoxy) is 1. The van der Waals surface area contributed by atoms with Crippen molar-refractivity contribution < 1.29 is 14.5 Å². The van der Waals surface area contributed by atoms with E-state index in [9.17, 15) is 14.9 Å². The normalized spacial score (nSPS) is 20.4. The molecule has 2 aromatic rings. The van der Waals surface area contributed by atoms with Crippen molar-refractivity contribution >= 4 is 17.3 Å². The second-order valence-electron chi connectivity index (χ2n) is 9.82. The van der Waals surface area contributed by atoms with Crippen molar-refractivity contribution in [2.45, 2.75) is 57.3 Å². The van der Waals surface area contributed by atoms with E-state index < -0.39 is 10.3 Å². The number of nitro groups is 1. The smallest absolute Gasteiger partial charge is 0.269 e. The number of hydrogen-bond acceptors (Lipinski definition) is 5. The maximum Gasteiger partial charge on any atom is 0.269 e. The minimum atomic E-state index is -0.659. The van der Waals surface area contributed by atoms with Crippen molar-refractivity contribution in [1.29, 1.82) is 0 Å². The van der Waals surface area contributed by atoms with Gasteiger partial charge in [0.05, 0.1) is 10.3 Å². The zero-order valence-corrected chi connectivity index (χ0v) is 20.0. The number of carbonyl (C=O) groups excluding carboxylic acids is 1. The molecular weight excluding hydrogens is 430 g/mol. The van der Waals surface area contributed by atoms with Crippen LogP contribution >= 0.6 is 0 Å². The lowest BCUT2D eigenvalue weighted by atomic mass is 9.68. The lowest BCUT2D eigenvalue weighted by Crippen LogP contribution is -2.42. The fourth-order valence-corrected chi connectivity index (χ4v) is 5.37. The van der Waals surface area contributed by atoms with E-state index in [1.807, 2.05) is 24.3 Å². The molecule has 1 N–H and O–H groups in total. The first-order valence-corrected chi connectivity index (χ1v) is 12.5. The summed E-state index contributed by atoms with van der Waals surface area (Å²) in [5.74, 6) is 1.51. The fraction of sp³-hybridized carbons (Fsp3) is 0.519. The van der Waals surface area contributed by atoms with Crippen LogP contribution in [-0.2, 0) is 10.2 Å². The number of carbonyl (C=O) groups is 1. The number of nitro benzene ring substituents is 1. The average molecular weight is 466 g/mol. The van der Waals surface area contributed by atoms with E-state index in [0.29, 0.717) is 6.61 Å². The largest absolute Gasteiger partial charge is 0.492 e. The molecule has 0 radical (unpaired) electrons. The van der Waals surface area contributed by atoms with Gasteiger partial charge in [-0.25, -0.2) is 0 Å². The minimum Gasteiger partial charge on any atom is -0.492 e. The van der Waals surface area contributed by atoms with Gasteiger partial charge in [0.25, 0.3) is 5.69 Å². The summed E-state index contributed by atoms with van der Waals surface area (Å²) >= 11 is 0.